The zero-order valence-electron chi connectivity index (χ0n) is 16.9. The van der Waals surface area contributed by atoms with E-state index in [0.29, 0.717) is 17.9 Å². The van der Waals surface area contributed by atoms with Crippen LogP contribution >= 0.6 is 0 Å². The highest BCUT2D eigenvalue weighted by molar-refractivity contribution is 6.07. The number of carbonyl (C=O) groups excluding carboxylic acids is 1. The number of nitro groups is 1. The second-order valence-electron chi connectivity index (χ2n) is 7.59. The summed E-state index contributed by atoms with van der Waals surface area (Å²) < 4.78 is 0. The van der Waals surface area contributed by atoms with Crippen LogP contribution in [0.5, 0.6) is 0 Å². The number of nitro benzene ring substituents is 1. The third-order valence-corrected chi connectivity index (χ3v) is 5.65. The highest BCUT2D eigenvalue weighted by atomic mass is 16.6. The normalized spacial score (nSPS) is 15.2. The highest BCUT2D eigenvalue weighted by Gasteiger charge is 2.30. The third-order valence-electron chi connectivity index (χ3n) is 5.65. The van der Waals surface area contributed by atoms with Crippen molar-refractivity contribution in [1.82, 2.24) is 4.98 Å². The second kappa shape index (κ2) is 8.06. The number of benzene rings is 1. The quantitative estimate of drug-likeness (QED) is 0.491. The van der Waals surface area contributed by atoms with Gasteiger partial charge >= 0.3 is 0 Å². The highest BCUT2D eigenvalue weighted by Crippen LogP contribution is 2.43. The Kier molecular flexibility index (Phi) is 5.31. The zero-order chi connectivity index (χ0) is 21.3. The Labute approximate surface area is 175 Å². The maximum Gasteiger partial charge on any atom is 0.269 e. The van der Waals surface area contributed by atoms with E-state index in [1.807, 2.05) is 12.1 Å². The Morgan fingerprint density at radius 1 is 1.27 bits per heavy atom. The molecule has 0 N–H and O–H groups in total. The van der Waals surface area contributed by atoms with Crippen LogP contribution in [0.2, 0.25) is 0 Å². The summed E-state index contributed by atoms with van der Waals surface area (Å²) in [4.78, 5) is 29.9. The molecule has 30 heavy (non-hydrogen) atoms. The van der Waals surface area contributed by atoms with E-state index in [0.717, 1.165) is 31.2 Å². The van der Waals surface area contributed by atoms with E-state index < -0.39 is 4.92 Å². The summed E-state index contributed by atoms with van der Waals surface area (Å²) in [6, 6.07) is 9.62. The Hall–Kier alpha value is -3.54. The number of pyridine rings is 1. The molecule has 2 aliphatic rings. The molecule has 4 rings (SSSR count). The molecule has 2 aromatic rings. The van der Waals surface area contributed by atoms with Gasteiger partial charge in [0.2, 0.25) is 0 Å². The first-order valence-electron chi connectivity index (χ1n) is 10.1. The average Bonchev–Trinajstić information content (AvgIpc) is 3.12. The summed E-state index contributed by atoms with van der Waals surface area (Å²) in [7, 11) is 0. The SMILES string of the molecule is C=C(CCC)C1=CC2=C(C1)c1cccnc1N(C(=O)c1ccc([N+](=O)[O-])cc1)CC2. The van der Waals surface area contributed by atoms with E-state index in [2.05, 4.69) is 24.6 Å². The third kappa shape index (κ3) is 3.56. The molecule has 0 fully saturated rings. The molecule has 152 valence electrons. The summed E-state index contributed by atoms with van der Waals surface area (Å²) in [5, 5.41) is 10.9. The first-order chi connectivity index (χ1) is 14.5. The van der Waals surface area contributed by atoms with Crippen LogP contribution in [0.25, 0.3) is 5.57 Å². The van der Waals surface area contributed by atoms with Crippen LogP contribution in [0.4, 0.5) is 11.5 Å². The number of rotatable bonds is 5. The largest absolute Gasteiger partial charge is 0.292 e. The number of non-ortho nitro benzene ring substituents is 1. The van der Waals surface area contributed by atoms with Gasteiger partial charge in [-0.3, -0.25) is 19.8 Å². The molecule has 1 aromatic carbocycles. The zero-order valence-corrected chi connectivity index (χ0v) is 16.9. The molecule has 0 saturated carbocycles. The first-order valence-corrected chi connectivity index (χ1v) is 10.1. The van der Waals surface area contributed by atoms with Crippen LogP contribution < -0.4 is 4.90 Å². The lowest BCUT2D eigenvalue weighted by atomic mass is 9.97. The number of aromatic nitrogens is 1. The topological polar surface area (TPSA) is 76.3 Å². The van der Waals surface area contributed by atoms with Gasteiger partial charge in [0.05, 0.1) is 4.92 Å². The fraction of sp³-hybridized carbons (Fsp3) is 0.250. The van der Waals surface area contributed by atoms with Crippen molar-refractivity contribution in [1.29, 1.82) is 0 Å². The molecular weight excluding hydrogens is 378 g/mol. The van der Waals surface area contributed by atoms with Crippen LogP contribution in [-0.2, 0) is 0 Å². The number of hydrogen-bond donors (Lipinski definition) is 0. The van der Waals surface area contributed by atoms with Gasteiger partial charge in [-0.2, -0.15) is 0 Å². The predicted octanol–water partition coefficient (Wildman–Crippen LogP) is 5.48. The molecule has 1 amide bonds. The molecule has 0 bridgehead atoms. The van der Waals surface area contributed by atoms with Gasteiger partial charge in [-0.1, -0.05) is 31.6 Å². The summed E-state index contributed by atoms with van der Waals surface area (Å²) in [5.74, 6) is 0.437. The van der Waals surface area contributed by atoms with Crippen molar-refractivity contribution in [3.63, 3.8) is 0 Å². The first kappa shape index (κ1) is 19.8. The van der Waals surface area contributed by atoms with Gasteiger partial charge in [-0.05, 0) is 60.2 Å². The van der Waals surface area contributed by atoms with Gasteiger partial charge in [0.1, 0.15) is 5.82 Å². The Balaban J connectivity index is 1.65. The molecule has 0 spiro atoms. The maximum atomic E-state index is 13.2. The van der Waals surface area contributed by atoms with Gasteiger partial charge in [-0.15, -0.1) is 0 Å². The molecule has 2 heterocycles. The minimum absolute atomic E-state index is 0.0356. The van der Waals surface area contributed by atoms with Crippen molar-refractivity contribution in [2.24, 2.45) is 0 Å². The van der Waals surface area contributed by atoms with Crippen molar-refractivity contribution in [3.8, 4) is 0 Å². The molecule has 6 nitrogen and oxygen atoms in total. The number of fused-ring (bicyclic) bond motifs is 2. The molecule has 6 heteroatoms. The van der Waals surface area contributed by atoms with E-state index >= 15 is 0 Å². The smallest absolute Gasteiger partial charge is 0.269 e. The van der Waals surface area contributed by atoms with Gasteiger partial charge < -0.3 is 0 Å². The van der Waals surface area contributed by atoms with E-state index in [9.17, 15) is 14.9 Å². The maximum absolute atomic E-state index is 13.2. The lowest BCUT2D eigenvalue weighted by Crippen LogP contribution is -2.32. The molecule has 1 aliphatic carbocycles. The fourth-order valence-corrected chi connectivity index (χ4v) is 4.10. The van der Waals surface area contributed by atoms with Crippen molar-refractivity contribution in [3.05, 3.63) is 93.2 Å². The van der Waals surface area contributed by atoms with Gasteiger partial charge in [-0.25, -0.2) is 4.98 Å². The van der Waals surface area contributed by atoms with E-state index in [4.69, 9.17) is 0 Å². The number of carbonyl (C=O) groups is 1. The lowest BCUT2D eigenvalue weighted by Gasteiger charge is -2.22. The fourth-order valence-electron chi connectivity index (χ4n) is 4.10. The summed E-state index contributed by atoms with van der Waals surface area (Å²) in [6.07, 6.45) is 7.51. The van der Waals surface area contributed by atoms with E-state index in [-0.39, 0.29) is 11.6 Å². The molecular formula is C24H23N3O3. The minimum atomic E-state index is -0.470. The second-order valence-corrected chi connectivity index (χ2v) is 7.59. The van der Waals surface area contributed by atoms with E-state index in [1.165, 1.54) is 46.6 Å². The molecule has 0 radical (unpaired) electrons. The monoisotopic (exact) mass is 401 g/mol. The number of anilines is 1. The Morgan fingerprint density at radius 2 is 2.03 bits per heavy atom. The number of hydrogen-bond acceptors (Lipinski definition) is 4. The summed E-state index contributed by atoms with van der Waals surface area (Å²) in [5.41, 5.74) is 6.23. The minimum Gasteiger partial charge on any atom is -0.292 e. The Bertz CT molecular complexity index is 1100. The standard InChI is InChI=1S/C24H23N3O3/c1-3-5-16(2)19-14-18-11-13-26(23-21(22(18)15-19)6-4-12-25-23)24(28)17-7-9-20(10-8-17)27(29)30/h4,6-10,12,14H,2-3,5,11,13,15H2,1H3. The molecule has 0 unspecified atom stereocenters. The van der Waals surface area contributed by atoms with Gasteiger partial charge in [0.15, 0.2) is 0 Å². The Morgan fingerprint density at radius 3 is 2.73 bits per heavy atom. The summed E-state index contributed by atoms with van der Waals surface area (Å²) in [6.45, 7) is 6.90. The molecule has 1 aromatic heterocycles. The van der Waals surface area contributed by atoms with Crippen LogP contribution in [-0.4, -0.2) is 22.4 Å². The molecule has 1 aliphatic heterocycles. The van der Waals surface area contributed by atoms with Crippen LogP contribution in [0.3, 0.4) is 0 Å². The van der Waals surface area contributed by atoms with Crippen LogP contribution in [0.15, 0.2) is 72.0 Å². The summed E-state index contributed by atoms with van der Waals surface area (Å²) >= 11 is 0. The average molecular weight is 401 g/mol. The lowest BCUT2D eigenvalue weighted by molar-refractivity contribution is -0.384. The van der Waals surface area contributed by atoms with Crippen LogP contribution in [0.1, 0.15) is 48.5 Å². The van der Waals surface area contributed by atoms with E-state index in [1.54, 1.807) is 11.1 Å². The number of amides is 1. The van der Waals surface area contributed by atoms with Crippen molar-refractivity contribution in [2.45, 2.75) is 32.6 Å². The van der Waals surface area contributed by atoms with Gasteiger partial charge in [0.25, 0.3) is 11.6 Å². The van der Waals surface area contributed by atoms with Crippen molar-refractivity contribution >= 4 is 23.0 Å². The molecule has 0 atom stereocenters. The van der Waals surface area contributed by atoms with Crippen molar-refractivity contribution < 1.29 is 9.72 Å². The number of allylic oxidation sites excluding steroid dienone is 4. The van der Waals surface area contributed by atoms with Crippen molar-refractivity contribution in [2.75, 3.05) is 11.4 Å². The predicted molar refractivity (Wildman–Crippen MR) is 117 cm³/mol. The van der Waals surface area contributed by atoms with Crippen LogP contribution in [0, 0.1) is 10.1 Å². The van der Waals surface area contributed by atoms with Gasteiger partial charge in [0, 0.05) is 36.0 Å². The molecule has 0 saturated heterocycles. The number of nitrogens with zero attached hydrogens (tertiary/aromatic N) is 3.